The van der Waals surface area contributed by atoms with E-state index in [4.69, 9.17) is 5.73 Å². The van der Waals surface area contributed by atoms with Crippen LogP contribution < -0.4 is 11.1 Å². The van der Waals surface area contributed by atoms with Gasteiger partial charge in [-0.2, -0.15) is 0 Å². The lowest BCUT2D eigenvalue weighted by atomic mass is 9.84. The number of hydrogen-bond donors (Lipinski definition) is 2. The van der Waals surface area contributed by atoms with Gasteiger partial charge < -0.3 is 16.0 Å². The molecule has 2 amide bonds. The quantitative estimate of drug-likeness (QED) is 0.786. The molecule has 1 saturated carbocycles. The van der Waals surface area contributed by atoms with Crippen molar-refractivity contribution in [3.63, 3.8) is 0 Å². The molecule has 3 N–H and O–H groups in total. The molecule has 2 atom stereocenters. The van der Waals surface area contributed by atoms with Gasteiger partial charge in [0.1, 0.15) is 0 Å². The number of nitrogens with two attached hydrogens (primary N) is 1. The van der Waals surface area contributed by atoms with Crippen LogP contribution in [-0.2, 0) is 0 Å². The average molecular weight is 253 g/mol. The van der Waals surface area contributed by atoms with Crippen molar-refractivity contribution in [3.05, 3.63) is 0 Å². The molecule has 2 aliphatic rings. The molecule has 2 unspecified atom stereocenters. The maximum absolute atomic E-state index is 11.4. The minimum Gasteiger partial charge on any atom is -0.351 e. The summed E-state index contributed by atoms with van der Waals surface area (Å²) in [7, 11) is 0. The van der Waals surface area contributed by atoms with E-state index in [0.717, 1.165) is 25.6 Å². The van der Waals surface area contributed by atoms with Gasteiger partial charge >= 0.3 is 6.03 Å². The summed E-state index contributed by atoms with van der Waals surface area (Å²) in [5, 5.41) is 3.65. The van der Waals surface area contributed by atoms with Crippen LogP contribution in [0.4, 0.5) is 4.79 Å². The van der Waals surface area contributed by atoms with Gasteiger partial charge in [-0.05, 0) is 44.1 Å². The molecule has 4 nitrogen and oxygen atoms in total. The molecular formula is C14H27N3O. The van der Waals surface area contributed by atoms with Crippen molar-refractivity contribution >= 4 is 6.03 Å². The molecule has 0 radical (unpaired) electrons. The number of nitrogens with one attached hydrogen (secondary N) is 1. The van der Waals surface area contributed by atoms with Crippen molar-refractivity contribution in [2.45, 2.75) is 51.5 Å². The Kier molecular flexibility index (Phi) is 4.87. The molecule has 18 heavy (non-hydrogen) atoms. The first kappa shape index (κ1) is 13.7. The molecule has 0 spiro atoms. The van der Waals surface area contributed by atoms with Crippen LogP contribution in [0, 0.1) is 11.8 Å². The van der Waals surface area contributed by atoms with Crippen LogP contribution >= 0.6 is 0 Å². The molecule has 1 aliphatic carbocycles. The highest BCUT2D eigenvalue weighted by atomic mass is 16.2. The van der Waals surface area contributed by atoms with E-state index in [1.54, 1.807) is 0 Å². The number of rotatable bonds is 5. The molecule has 4 heteroatoms. The molecule has 1 aliphatic heterocycles. The molecule has 0 aromatic carbocycles. The fourth-order valence-corrected chi connectivity index (χ4v) is 3.18. The predicted molar refractivity (Wildman–Crippen MR) is 73.3 cm³/mol. The lowest BCUT2D eigenvalue weighted by molar-refractivity contribution is 0.143. The maximum atomic E-state index is 11.4. The highest BCUT2D eigenvalue weighted by molar-refractivity contribution is 5.72. The maximum Gasteiger partial charge on any atom is 0.314 e. The normalized spacial score (nSPS) is 29.1. The number of amides is 2. The molecule has 104 valence electrons. The Morgan fingerprint density at radius 1 is 1.33 bits per heavy atom. The third kappa shape index (κ3) is 3.61. The largest absolute Gasteiger partial charge is 0.351 e. The highest BCUT2D eigenvalue weighted by Crippen LogP contribution is 2.26. The number of hydrogen-bond acceptors (Lipinski definition) is 2. The highest BCUT2D eigenvalue weighted by Gasteiger charge is 2.29. The minimum absolute atomic E-state index is 0.258. The fraction of sp³-hybridized carbons (Fsp3) is 0.929. The molecule has 2 fully saturated rings. The van der Waals surface area contributed by atoms with E-state index in [0.29, 0.717) is 12.0 Å². The van der Waals surface area contributed by atoms with E-state index in [1.807, 2.05) is 4.90 Å². The van der Waals surface area contributed by atoms with E-state index < -0.39 is 0 Å². The first-order chi connectivity index (χ1) is 8.69. The second kappa shape index (κ2) is 6.41. The third-order valence-electron chi connectivity index (χ3n) is 4.47. The van der Waals surface area contributed by atoms with E-state index >= 15 is 0 Å². The van der Waals surface area contributed by atoms with Crippen LogP contribution in [0.25, 0.3) is 0 Å². The molecule has 0 aromatic heterocycles. The topological polar surface area (TPSA) is 58.4 Å². The lowest BCUT2D eigenvalue weighted by Crippen LogP contribution is -2.53. The number of carbonyl (C=O) groups excluding carboxylic acids is 1. The van der Waals surface area contributed by atoms with E-state index in [-0.39, 0.29) is 6.03 Å². The summed E-state index contributed by atoms with van der Waals surface area (Å²) < 4.78 is 0. The Morgan fingerprint density at radius 3 is 2.67 bits per heavy atom. The van der Waals surface area contributed by atoms with Gasteiger partial charge in [0.15, 0.2) is 0 Å². The van der Waals surface area contributed by atoms with Crippen molar-refractivity contribution in [2.24, 2.45) is 17.6 Å². The Labute approximate surface area is 110 Å². The number of urea groups is 1. The smallest absolute Gasteiger partial charge is 0.314 e. The zero-order valence-electron chi connectivity index (χ0n) is 11.5. The average Bonchev–Trinajstić information content (AvgIpc) is 2.27. The Bertz CT molecular complexity index is 278. The summed E-state index contributed by atoms with van der Waals surface area (Å²) in [4.78, 5) is 13.2. The van der Waals surface area contributed by atoms with Crippen molar-refractivity contribution < 1.29 is 4.79 Å². The summed E-state index contributed by atoms with van der Waals surface area (Å²) in [5.41, 5.74) is 5.44. The number of carbonyl (C=O) groups is 1. The third-order valence-corrected chi connectivity index (χ3v) is 4.47. The van der Waals surface area contributed by atoms with E-state index in [9.17, 15) is 4.79 Å². The van der Waals surface area contributed by atoms with Crippen molar-refractivity contribution in [2.75, 3.05) is 19.6 Å². The SMILES string of the molecule is CCCC1CC(NCC2CCC2)CN(C(N)=O)C1. The van der Waals surface area contributed by atoms with Crippen LogP contribution in [0.3, 0.4) is 0 Å². The zero-order valence-corrected chi connectivity index (χ0v) is 11.5. The Hall–Kier alpha value is -0.770. The number of primary amides is 1. The van der Waals surface area contributed by atoms with Gasteiger partial charge in [-0.3, -0.25) is 0 Å². The molecule has 2 rings (SSSR count). The minimum atomic E-state index is -0.258. The van der Waals surface area contributed by atoms with Crippen LogP contribution in [0.1, 0.15) is 45.4 Å². The van der Waals surface area contributed by atoms with Crippen LogP contribution in [0.2, 0.25) is 0 Å². The molecule has 1 heterocycles. The Morgan fingerprint density at radius 2 is 2.11 bits per heavy atom. The summed E-state index contributed by atoms with van der Waals surface area (Å²) in [6, 6.07) is 0.189. The second-order valence-electron chi connectivity index (χ2n) is 6.04. The standard InChI is InChI=1S/C14H27N3O/c1-2-4-12-7-13(10-17(9-12)14(15)18)16-8-11-5-3-6-11/h11-13,16H,2-10H2,1H3,(H2,15,18). The van der Waals surface area contributed by atoms with Crippen molar-refractivity contribution in [1.29, 1.82) is 0 Å². The number of piperidine rings is 1. The van der Waals surface area contributed by atoms with Gasteiger partial charge in [-0.25, -0.2) is 4.79 Å². The molecule has 1 saturated heterocycles. The van der Waals surface area contributed by atoms with E-state index in [1.165, 1.54) is 38.5 Å². The fourth-order valence-electron chi connectivity index (χ4n) is 3.18. The summed E-state index contributed by atoms with van der Waals surface area (Å²) in [6.07, 6.45) is 7.72. The van der Waals surface area contributed by atoms with Gasteiger partial charge in [0.05, 0.1) is 0 Å². The van der Waals surface area contributed by atoms with Gasteiger partial charge in [-0.1, -0.05) is 19.8 Å². The first-order valence-electron chi connectivity index (χ1n) is 7.46. The van der Waals surface area contributed by atoms with Gasteiger partial charge in [0.25, 0.3) is 0 Å². The summed E-state index contributed by atoms with van der Waals surface area (Å²) in [5.74, 6) is 1.49. The second-order valence-corrected chi connectivity index (χ2v) is 6.04. The zero-order chi connectivity index (χ0) is 13.0. The van der Waals surface area contributed by atoms with Crippen LogP contribution in [0.5, 0.6) is 0 Å². The number of likely N-dealkylation sites (tertiary alicyclic amines) is 1. The monoisotopic (exact) mass is 253 g/mol. The van der Waals surface area contributed by atoms with Gasteiger partial charge in [0, 0.05) is 19.1 Å². The van der Waals surface area contributed by atoms with E-state index in [2.05, 4.69) is 12.2 Å². The van der Waals surface area contributed by atoms with Crippen LogP contribution in [-0.4, -0.2) is 36.6 Å². The molecular weight excluding hydrogens is 226 g/mol. The Balaban J connectivity index is 1.81. The molecule has 0 bridgehead atoms. The number of nitrogens with zero attached hydrogens (tertiary/aromatic N) is 1. The molecule has 0 aromatic rings. The van der Waals surface area contributed by atoms with Crippen molar-refractivity contribution in [3.8, 4) is 0 Å². The van der Waals surface area contributed by atoms with Gasteiger partial charge in [0.2, 0.25) is 0 Å². The van der Waals surface area contributed by atoms with Crippen LogP contribution in [0.15, 0.2) is 0 Å². The lowest BCUT2D eigenvalue weighted by Gasteiger charge is -2.38. The predicted octanol–water partition coefficient (Wildman–Crippen LogP) is 1.95. The first-order valence-corrected chi connectivity index (χ1v) is 7.46. The summed E-state index contributed by atoms with van der Waals surface area (Å²) >= 11 is 0. The summed E-state index contributed by atoms with van der Waals surface area (Å²) in [6.45, 7) is 4.98. The van der Waals surface area contributed by atoms with Gasteiger partial charge in [-0.15, -0.1) is 0 Å². The van der Waals surface area contributed by atoms with Crippen molar-refractivity contribution in [1.82, 2.24) is 10.2 Å².